The van der Waals surface area contributed by atoms with Crippen LogP contribution in [0.15, 0.2) is 18.3 Å². The van der Waals surface area contributed by atoms with Crippen LogP contribution in [0.1, 0.15) is 26.2 Å². The minimum atomic E-state index is 0.589. The fraction of sp³-hybridized carbons (Fsp3) is 0.583. The Bertz CT molecular complexity index is 327. The molecule has 0 radical (unpaired) electrons. The third kappa shape index (κ3) is 2.63. The smallest absolute Gasteiger partial charge is 0.131 e. The van der Waals surface area contributed by atoms with Crippen molar-refractivity contribution in [3.05, 3.63) is 23.5 Å². The van der Waals surface area contributed by atoms with E-state index in [-0.39, 0.29) is 0 Å². The lowest BCUT2D eigenvalue weighted by atomic mass is 10.0. The van der Waals surface area contributed by atoms with Gasteiger partial charge in [-0.05, 0) is 30.9 Å². The minimum Gasteiger partial charge on any atom is -0.371 e. The highest BCUT2D eigenvalue weighted by atomic mass is 35.5. The standard InChI is InChI=1S/C12H17ClN2/c1-2-3-10-5-7-15(9-10)11-4-6-14-12(13)8-11/h4,6,8,10H,2-3,5,7,9H2,1H3. The second-order valence-electron chi connectivity index (χ2n) is 4.23. The van der Waals surface area contributed by atoms with Crippen molar-refractivity contribution in [2.75, 3.05) is 18.0 Å². The van der Waals surface area contributed by atoms with Crippen molar-refractivity contribution < 1.29 is 0 Å². The largest absolute Gasteiger partial charge is 0.371 e. The number of hydrogen-bond donors (Lipinski definition) is 0. The van der Waals surface area contributed by atoms with Crippen LogP contribution >= 0.6 is 11.6 Å². The molecule has 1 aliphatic heterocycles. The van der Waals surface area contributed by atoms with Crippen LogP contribution in [0.2, 0.25) is 5.15 Å². The molecular formula is C12H17ClN2. The zero-order valence-electron chi connectivity index (χ0n) is 9.12. The number of pyridine rings is 1. The van der Waals surface area contributed by atoms with E-state index in [1.807, 2.05) is 12.1 Å². The average molecular weight is 225 g/mol. The van der Waals surface area contributed by atoms with Gasteiger partial charge in [0.1, 0.15) is 5.15 Å². The molecule has 82 valence electrons. The third-order valence-corrected chi connectivity index (χ3v) is 3.26. The molecule has 0 bridgehead atoms. The predicted molar refractivity (Wildman–Crippen MR) is 64.5 cm³/mol. The van der Waals surface area contributed by atoms with Crippen molar-refractivity contribution in [1.29, 1.82) is 0 Å². The highest BCUT2D eigenvalue weighted by Crippen LogP contribution is 2.27. The molecule has 1 aromatic heterocycles. The molecule has 2 heterocycles. The quantitative estimate of drug-likeness (QED) is 0.732. The van der Waals surface area contributed by atoms with Crippen molar-refractivity contribution >= 4 is 17.3 Å². The monoisotopic (exact) mass is 224 g/mol. The van der Waals surface area contributed by atoms with Gasteiger partial charge in [-0.1, -0.05) is 24.9 Å². The zero-order chi connectivity index (χ0) is 10.7. The molecule has 1 aromatic rings. The average Bonchev–Trinajstić information content (AvgIpc) is 2.67. The molecule has 0 aromatic carbocycles. The van der Waals surface area contributed by atoms with E-state index in [1.54, 1.807) is 6.20 Å². The summed E-state index contributed by atoms with van der Waals surface area (Å²) in [6.45, 7) is 4.59. The minimum absolute atomic E-state index is 0.589. The molecule has 3 heteroatoms. The van der Waals surface area contributed by atoms with Gasteiger partial charge in [0.2, 0.25) is 0 Å². The molecule has 1 saturated heterocycles. The van der Waals surface area contributed by atoms with Crippen molar-refractivity contribution in [2.45, 2.75) is 26.2 Å². The van der Waals surface area contributed by atoms with E-state index in [0.717, 1.165) is 12.5 Å². The van der Waals surface area contributed by atoms with Crippen LogP contribution < -0.4 is 4.90 Å². The summed E-state index contributed by atoms with van der Waals surface area (Å²) < 4.78 is 0. The maximum atomic E-state index is 5.88. The number of halogens is 1. The van der Waals surface area contributed by atoms with Gasteiger partial charge in [0.15, 0.2) is 0 Å². The van der Waals surface area contributed by atoms with Gasteiger partial charge in [-0.15, -0.1) is 0 Å². The summed E-state index contributed by atoms with van der Waals surface area (Å²) in [5.41, 5.74) is 1.22. The summed E-state index contributed by atoms with van der Waals surface area (Å²) in [7, 11) is 0. The van der Waals surface area contributed by atoms with E-state index < -0.39 is 0 Å². The van der Waals surface area contributed by atoms with Crippen molar-refractivity contribution in [1.82, 2.24) is 4.98 Å². The van der Waals surface area contributed by atoms with Crippen LogP contribution in [0.25, 0.3) is 0 Å². The molecule has 0 aliphatic carbocycles. The van der Waals surface area contributed by atoms with Crippen LogP contribution in [-0.4, -0.2) is 18.1 Å². The van der Waals surface area contributed by atoms with E-state index in [2.05, 4.69) is 16.8 Å². The fourth-order valence-corrected chi connectivity index (χ4v) is 2.47. The maximum absolute atomic E-state index is 5.88. The first-order chi connectivity index (χ1) is 7.29. The van der Waals surface area contributed by atoms with Gasteiger partial charge >= 0.3 is 0 Å². The molecule has 1 aliphatic rings. The number of anilines is 1. The van der Waals surface area contributed by atoms with E-state index in [0.29, 0.717) is 5.15 Å². The molecule has 1 atom stereocenters. The Morgan fingerprint density at radius 1 is 1.60 bits per heavy atom. The number of rotatable bonds is 3. The van der Waals surface area contributed by atoms with Crippen LogP contribution in [0.3, 0.4) is 0 Å². The Balaban J connectivity index is 2.01. The Morgan fingerprint density at radius 3 is 3.20 bits per heavy atom. The molecule has 2 nitrogen and oxygen atoms in total. The van der Waals surface area contributed by atoms with Crippen LogP contribution in [-0.2, 0) is 0 Å². The predicted octanol–water partition coefficient (Wildman–Crippen LogP) is 3.36. The summed E-state index contributed by atoms with van der Waals surface area (Å²) in [6, 6.07) is 4.00. The normalized spacial score (nSPS) is 20.9. The van der Waals surface area contributed by atoms with E-state index in [1.165, 1.54) is 31.5 Å². The maximum Gasteiger partial charge on any atom is 0.131 e. The summed E-state index contributed by atoms with van der Waals surface area (Å²) in [6.07, 6.45) is 5.73. The van der Waals surface area contributed by atoms with Gasteiger partial charge in [-0.25, -0.2) is 4.98 Å². The zero-order valence-corrected chi connectivity index (χ0v) is 9.87. The first-order valence-electron chi connectivity index (χ1n) is 5.66. The third-order valence-electron chi connectivity index (χ3n) is 3.06. The summed E-state index contributed by atoms with van der Waals surface area (Å²) in [5, 5.41) is 0.589. The lowest BCUT2D eigenvalue weighted by molar-refractivity contribution is 0.530. The lowest BCUT2D eigenvalue weighted by Gasteiger charge is -2.18. The Labute approximate surface area is 96.3 Å². The van der Waals surface area contributed by atoms with Crippen molar-refractivity contribution in [3.63, 3.8) is 0 Å². The fourth-order valence-electron chi connectivity index (χ4n) is 2.30. The Kier molecular flexibility index (Phi) is 3.47. The van der Waals surface area contributed by atoms with Crippen LogP contribution in [0, 0.1) is 5.92 Å². The molecule has 0 N–H and O–H groups in total. The number of nitrogens with zero attached hydrogens (tertiary/aromatic N) is 2. The molecule has 0 spiro atoms. The van der Waals surface area contributed by atoms with Crippen molar-refractivity contribution in [3.8, 4) is 0 Å². The van der Waals surface area contributed by atoms with Crippen LogP contribution in [0.4, 0.5) is 5.69 Å². The second-order valence-corrected chi connectivity index (χ2v) is 4.61. The van der Waals surface area contributed by atoms with Gasteiger partial charge in [0.05, 0.1) is 0 Å². The van der Waals surface area contributed by atoms with E-state index in [4.69, 9.17) is 11.6 Å². The van der Waals surface area contributed by atoms with Crippen LogP contribution in [0.5, 0.6) is 0 Å². The number of aromatic nitrogens is 1. The SMILES string of the molecule is CCCC1CCN(c2ccnc(Cl)c2)C1. The molecule has 2 rings (SSSR count). The highest BCUT2D eigenvalue weighted by molar-refractivity contribution is 6.29. The van der Waals surface area contributed by atoms with E-state index >= 15 is 0 Å². The molecule has 15 heavy (non-hydrogen) atoms. The van der Waals surface area contributed by atoms with Gasteiger partial charge in [-0.3, -0.25) is 0 Å². The van der Waals surface area contributed by atoms with Gasteiger partial charge < -0.3 is 4.90 Å². The summed E-state index contributed by atoms with van der Waals surface area (Å²) >= 11 is 5.88. The molecule has 1 fully saturated rings. The van der Waals surface area contributed by atoms with Crippen molar-refractivity contribution in [2.24, 2.45) is 5.92 Å². The topological polar surface area (TPSA) is 16.1 Å². The molecular weight excluding hydrogens is 208 g/mol. The molecule has 0 amide bonds. The highest BCUT2D eigenvalue weighted by Gasteiger charge is 2.21. The van der Waals surface area contributed by atoms with Gasteiger partial charge in [-0.2, -0.15) is 0 Å². The lowest BCUT2D eigenvalue weighted by Crippen LogP contribution is -2.19. The number of hydrogen-bond acceptors (Lipinski definition) is 2. The second kappa shape index (κ2) is 4.84. The van der Waals surface area contributed by atoms with Gasteiger partial charge in [0, 0.05) is 25.0 Å². The first kappa shape index (κ1) is 10.7. The summed E-state index contributed by atoms with van der Waals surface area (Å²) in [4.78, 5) is 6.42. The summed E-state index contributed by atoms with van der Waals surface area (Å²) in [5.74, 6) is 0.863. The first-order valence-corrected chi connectivity index (χ1v) is 6.04. The molecule has 1 unspecified atom stereocenters. The Hall–Kier alpha value is -0.760. The van der Waals surface area contributed by atoms with Gasteiger partial charge in [0.25, 0.3) is 0 Å². The Morgan fingerprint density at radius 2 is 2.47 bits per heavy atom. The van der Waals surface area contributed by atoms with E-state index in [9.17, 15) is 0 Å². The molecule has 0 saturated carbocycles.